The number of nitrogens with one attached hydrogen (secondary N) is 1. The number of hydrogen-bond donors (Lipinski definition) is 1. The second kappa shape index (κ2) is 5.41. The summed E-state index contributed by atoms with van der Waals surface area (Å²) >= 11 is 0. The maximum atomic E-state index is 12.4. The molecule has 0 radical (unpaired) electrons. The van der Waals surface area contributed by atoms with E-state index in [1.165, 1.54) is 0 Å². The zero-order valence-electron chi connectivity index (χ0n) is 11.8. The van der Waals surface area contributed by atoms with Crippen molar-refractivity contribution in [2.75, 3.05) is 11.3 Å². The lowest BCUT2D eigenvalue weighted by Crippen LogP contribution is -2.15. The average Bonchev–Trinajstić information content (AvgIpc) is 2.47. The number of anilines is 1. The van der Waals surface area contributed by atoms with Crippen LogP contribution in [0.1, 0.15) is 17.5 Å². The molecule has 0 saturated heterocycles. The van der Waals surface area contributed by atoms with Crippen molar-refractivity contribution in [2.45, 2.75) is 24.7 Å². The Labute approximate surface area is 124 Å². The molecular formula is C16H17NO3S. The Morgan fingerprint density at radius 1 is 1.14 bits per heavy atom. The first kappa shape index (κ1) is 13.9. The van der Waals surface area contributed by atoms with Gasteiger partial charge in [-0.3, -0.25) is 4.72 Å². The van der Waals surface area contributed by atoms with Crippen molar-refractivity contribution in [3.05, 3.63) is 53.6 Å². The molecule has 5 heteroatoms. The van der Waals surface area contributed by atoms with Gasteiger partial charge in [0.25, 0.3) is 10.0 Å². The van der Waals surface area contributed by atoms with Crippen molar-refractivity contribution in [1.29, 1.82) is 0 Å². The number of benzene rings is 2. The molecule has 0 bridgehead atoms. The van der Waals surface area contributed by atoms with Crippen molar-refractivity contribution in [1.82, 2.24) is 0 Å². The van der Waals surface area contributed by atoms with Gasteiger partial charge >= 0.3 is 0 Å². The van der Waals surface area contributed by atoms with E-state index >= 15 is 0 Å². The molecule has 3 rings (SSSR count). The van der Waals surface area contributed by atoms with E-state index in [9.17, 15) is 8.42 Å². The highest BCUT2D eigenvalue weighted by Crippen LogP contribution is 2.28. The van der Waals surface area contributed by atoms with Crippen LogP contribution < -0.4 is 9.46 Å². The van der Waals surface area contributed by atoms with Gasteiger partial charge in [0, 0.05) is 5.69 Å². The molecule has 1 aliphatic rings. The zero-order valence-corrected chi connectivity index (χ0v) is 12.6. The van der Waals surface area contributed by atoms with E-state index in [4.69, 9.17) is 4.74 Å². The first-order chi connectivity index (χ1) is 10.1. The predicted molar refractivity (Wildman–Crippen MR) is 82.2 cm³/mol. The normalized spacial score (nSPS) is 14.1. The van der Waals surface area contributed by atoms with Crippen LogP contribution in [-0.2, 0) is 16.4 Å². The lowest BCUT2D eigenvalue weighted by atomic mass is 10.1. The highest BCUT2D eigenvalue weighted by atomic mass is 32.2. The number of fused-ring (bicyclic) bond motifs is 1. The number of hydrogen-bond acceptors (Lipinski definition) is 3. The van der Waals surface area contributed by atoms with Gasteiger partial charge in [-0.15, -0.1) is 0 Å². The van der Waals surface area contributed by atoms with Gasteiger partial charge in [0.2, 0.25) is 0 Å². The summed E-state index contributed by atoms with van der Waals surface area (Å²) in [7, 11) is -3.56. The molecule has 4 nitrogen and oxygen atoms in total. The average molecular weight is 303 g/mol. The van der Waals surface area contributed by atoms with Gasteiger partial charge in [0.15, 0.2) is 0 Å². The van der Waals surface area contributed by atoms with Gasteiger partial charge in [-0.05, 0) is 55.2 Å². The Morgan fingerprint density at radius 2 is 1.95 bits per heavy atom. The first-order valence-electron chi connectivity index (χ1n) is 6.90. The molecule has 1 N–H and O–H groups in total. The quantitative estimate of drug-likeness (QED) is 0.948. The fraction of sp³-hybridized carbons (Fsp3) is 0.250. The monoisotopic (exact) mass is 303 g/mol. The van der Waals surface area contributed by atoms with E-state index < -0.39 is 10.0 Å². The lowest BCUT2D eigenvalue weighted by Gasteiger charge is -2.18. The standard InChI is InChI=1S/C16H17NO3S/c1-12-5-2-3-7-16(12)21(18,19)17-14-8-9-15-13(11-14)6-4-10-20-15/h2-3,5,7-9,11,17H,4,6,10H2,1H3. The van der Waals surface area contributed by atoms with E-state index in [1.54, 1.807) is 31.2 Å². The fourth-order valence-electron chi connectivity index (χ4n) is 2.49. The largest absolute Gasteiger partial charge is 0.493 e. The zero-order chi connectivity index (χ0) is 14.9. The third-order valence-electron chi connectivity index (χ3n) is 3.54. The molecule has 21 heavy (non-hydrogen) atoms. The number of aryl methyl sites for hydroxylation is 2. The van der Waals surface area contributed by atoms with E-state index in [-0.39, 0.29) is 0 Å². The van der Waals surface area contributed by atoms with Crippen molar-refractivity contribution < 1.29 is 13.2 Å². The lowest BCUT2D eigenvalue weighted by molar-refractivity contribution is 0.288. The van der Waals surface area contributed by atoms with Crippen molar-refractivity contribution >= 4 is 15.7 Å². The minimum absolute atomic E-state index is 0.305. The minimum Gasteiger partial charge on any atom is -0.493 e. The Morgan fingerprint density at radius 3 is 2.76 bits per heavy atom. The van der Waals surface area contributed by atoms with Crippen molar-refractivity contribution in [3.8, 4) is 5.75 Å². The number of sulfonamides is 1. The Balaban J connectivity index is 1.91. The highest BCUT2D eigenvalue weighted by Gasteiger charge is 2.18. The van der Waals surface area contributed by atoms with Crippen LogP contribution in [0.4, 0.5) is 5.69 Å². The Bertz CT molecular complexity index is 769. The molecule has 110 valence electrons. The highest BCUT2D eigenvalue weighted by molar-refractivity contribution is 7.92. The Hall–Kier alpha value is -2.01. The summed E-state index contributed by atoms with van der Waals surface area (Å²) in [6.45, 7) is 2.51. The van der Waals surface area contributed by atoms with Gasteiger partial charge < -0.3 is 4.74 Å². The smallest absolute Gasteiger partial charge is 0.262 e. The predicted octanol–water partition coefficient (Wildman–Crippen LogP) is 3.12. The van der Waals surface area contributed by atoms with Crippen LogP contribution in [0.5, 0.6) is 5.75 Å². The number of rotatable bonds is 3. The second-order valence-corrected chi connectivity index (χ2v) is 6.80. The Kier molecular flexibility index (Phi) is 3.59. The summed E-state index contributed by atoms with van der Waals surface area (Å²) in [6, 6.07) is 12.4. The van der Waals surface area contributed by atoms with Crippen LogP contribution in [0.25, 0.3) is 0 Å². The van der Waals surface area contributed by atoms with Crippen LogP contribution in [0.2, 0.25) is 0 Å². The fourth-order valence-corrected chi connectivity index (χ4v) is 3.79. The van der Waals surface area contributed by atoms with Crippen LogP contribution in [0.15, 0.2) is 47.4 Å². The molecule has 0 aliphatic carbocycles. The maximum Gasteiger partial charge on any atom is 0.262 e. The summed E-state index contributed by atoms with van der Waals surface area (Å²) in [5.41, 5.74) is 2.35. The van der Waals surface area contributed by atoms with Gasteiger partial charge in [-0.1, -0.05) is 18.2 Å². The molecule has 1 aliphatic heterocycles. The molecule has 0 aromatic heterocycles. The summed E-state index contributed by atoms with van der Waals surface area (Å²) in [5, 5.41) is 0. The molecule has 1 heterocycles. The van der Waals surface area contributed by atoms with Crippen molar-refractivity contribution in [2.24, 2.45) is 0 Å². The third-order valence-corrected chi connectivity index (χ3v) is 5.09. The second-order valence-electron chi connectivity index (χ2n) is 5.15. The van der Waals surface area contributed by atoms with Gasteiger partial charge in [0.05, 0.1) is 11.5 Å². The van der Waals surface area contributed by atoms with Gasteiger partial charge in [0.1, 0.15) is 5.75 Å². The van der Waals surface area contributed by atoms with E-state index in [2.05, 4.69) is 4.72 Å². The van der Waals surface area contributed by atoms with Gasteiger partial charge in [-0.25, -0.2) is 8.42 Å². The van der Waals surface area contributed by atoms with Crippen LogP contribution in [0.3, 0.4) is 0 Å². The van der Waals surface area contributed by atoms with Crippen LogP contribution >= 0.6 is 0 Å². The molecule has 0 fully saturated rings. The van der Waals surface area contributed by atoms with E-state index in [0.717, 1.165) is 36.3 Å². The van der Waals surface area contributed by atoms with Crippen LogP contribution in [0, 0.1) is 6.92 Å². The van der Waals surface area contributed by atoms with E-state index in [0.29, 0.717) is 10.6 Å². The molecule has 0 amide bonds. The molecule has 0 saturated carbocycles. The molecule has 0 unspecified atom stereocenters. The number of ether oxygens (including phenoxy) is 1. The molecule has 2 aromatic rings. The maximum absolute atomic E-state index is 12.4. The topological polar surface area (TPSA) is 55.4 Å². The third kappa shape index (κ3) is 2.88. The molecule has 2 aromatic carbocycles. The minimum atomic E-state index is -3.56. The molecule has 0 atom stereocenters. The first-order valence-corrected chi connectivity index (χ1v) is 8.39. The SMILES string of the molecule is Cc1ccccc1S(=O)(=O)Nc1ccc2c(c1)CCCO2. The summed E-state index contributed by atoms with van der Waals surface area (Å²) in [4.78, 5) is 0.305. The van der Waals surface area contributed by atoms with Crippen LogP contribution in [-0.4, -0.2) is 15.0 Å². The summed E-state index contributed by atoms with van der Waals surface area (Å²) in [5.74, 6) is 0.847. The van der Waals surface area contributed by atoms with E-state index in [1.807, 2.05) is 18.2 Å². The molecular weight excluding hydrogens is 286 g/mol. The van der Waals surface area contributed by atoms with Crippen molar-refractivity contribution in [3.63, 3.8) is 0 Å². The summed E-state index contributed by atoms with van der Waals surface area (Å²) in [6.07, 6.45) is 1.87. The van der Waals surface area contributed by atoms with Gasteiger partial charge in [-0.2, -0.15) is 0 Å². The molecule has 0 spiro atoms. The summed E-state index contributed by atoms with van der Waals surface area (Å²) < 4.78 is 33.1.